The highest BCUT2D eigenvalue weighted by molar-refractivity contribution is 5.41. The predicted octanol–water partition coefficient (Wildman–Crippen LogP) is 4.02. The van der Waals surface area contributed by atoms with E-state index in [1.165, 1.54) is 32.1 Å². The molecule has 3 nitrogen and oxygen atoms in total. The number of ether oxygens (including phenoxy) is 2. The lowest BCUT2D eigenvalue weighted by Gasteiger charge is -2.41. The first kappa shape index (κ1) is 15.2. The Morgan fingerprint density at radius 2 is 1.80 bits per heavy atom. The zero-order valence-corrected chi connectivity index (χ0v) is 12.6. The molecule has 1 aromatic rings. The second-order valence-electron chi connectivity index (χ2n) is 5.93. The first-order valence-corrected chi connectivity index (χ1v) is 7.80. The summed E-state index contributed by atoms with van der Waals surface area (Å²) in [5, 5.41) is 0. The van der Waals surface area contributed by atoms with Gasteiger partial charge in [0.15, 0.2) is 0 Å². The minimum atomic E-state index is 0.514. The van der Waals surface area contributed by atoms with E-state index in [2.05, 4.69) is 6.92 Å². The molecule has 1 aliphatic rings. The van der Waals surface area contributed by atoms with Crippen LogP contribution < -0.4 is 10.5 Å². The molecule has 0 bridgehead atoms. The van der Waals surface area contributed by atoms with E-state index in [0.29, 0.717) is 5.41 Å². The van der Waals surface area contributed by atoms with Gasteiger partial charge in [-0.15, -0.1) is 0 Å². The molecule has 1 aromatic carbocycles. The molecule has 1 fully saturated rings. The van der Waals surface area contributed by atoms with Crippen molar-refractivity contribution in [3.05, 3.63) is 24.3 Å². The number of hydrogen-bond acceptors (Lipinski definition) is 3. The SMILES string of the molecule is CCC1(CCCCCCOc2ccc(N)cc2)COC1. The summed E-state index contributed by atoms with van der Waals surface area (Å²) in [6, 6.07) is 7.61. The summed E-state index contributed by atoms with van der Waals surface area (Å²) < 4.78 is 11.0. The molecule has 3 heteroatoms. The third-order valence-electron chi connectivity index (χ3n) is 4.32. The fraction of sp³-hybridized carbons (Fsp3) is 0.647. The van der Waals surface area contributed by atoms with Gasteiger partial charge in [0.05, 0.1) is 19.8 Å². The summed E-state index contributed by atoms with van der Waals surface area (Å²) >= 11 is 0. The molecule has 20 heavy (non-hydrogen) atoms. The van der Waals surface area contributed by atoms with Crippen molar-refractivity contribution in [3.63, 3.8) is 0 Å². The maximum Gasteiger partial charge on any atom is 0.119 e. The average molecular weight is 277 g/mol. The van der Waals surface area contributed by atoms with Gasteiger partial charge in [-0.1, -0.05) is 26.2 Å². The predicted molar refractivity (Wildman–Crippen MR) is 83.0 cm³/mol. The van der Waals surface area contributed by atoms with Gasteiger partial charge in [0, 0.05) is 11.1 Å². The Balaban J connectivity index is 1.48. The molecule has 0 radical (unpaired) electrons. The molecule has 0 atom stereocenters. The summed E-state index contributed by atoms with van der Waals surface area (Å²) in [6.07, 6.45) is 7.57. The van der Waals surface area contributed by atoms with E-state index in [-0.39, 0.29) is 0 Å². The molecular formula is C17H27NO2. The Labute approximate surface area is 122 Å². The number of unbranched alkanes of at least 4 members (excludes halogenated alkanes) is 3. The summed E-state index contributed by atoms with van der Waals surface area (Å²) in [6.45, 7) is 5.03. The van der Waals surface area contributed by atoms with E-state index >= 15 is 0 Å². The summed E-state index contributed by atoms with van der Waals surface area (Å²) in [7, 11) is 0. The summed E-state index contributed by atoms with van der Waals surface area (Å²) in [5.74, 6) is 0.913. The maximum absolute atomic E-state index is 5.69. The van der Waals surface area contributed by atoms with Crippen molar-refractivity contribution in [2.24, 2.45) is 5.41 Å². The van der Waals surface area contributed by atoms with Crippen LogP contribution in [-0.2, 0) is 4.74 Å². The number of anilines is 1. The number of benzene rings is 1. The van der Waals surface area contributed by atoms with E-state index in [1.54, 1.807) is 0 Å². The van der Waals surface area contributed by atoms with Crippen LogP contribution in [0, 0.1) is 5.41 Å². The highest BCUT2D eigenvalue weighted by Crippen LogP contribution is 2.36. The molecule has 0 amide bonds. The molecule has 0 aromatic heterocycles. The fourth-order valence-corrected chi connectivity index (χ4v) is 2.63. The Morgan fingerprint density at radius 3 is 2.40 bits per heavy atom. The van der Waals surface area contributed by atoms with Crippen molar-refractivity contribution >= 4 is 5.69 Å². The Kier molecular flexibility index (Phi) is 5.72. The van der Waals surface area contributed by atoms with E-state index in [4.69, 9.17) is 15.2 Å². The van der Waals surface area contributed by atoms with Gasteiger partial charge in [0.25, 0.3) is 0 Å². The maximum atomic E-state index is 5.69. The van der Waals surface area contributed by atoms with Crippen LogP contribution in [0.15, 0.2) is 24.3 Å². The van der Waals surface area contributed by atoms with Crippen LogP contribution in [0.25, 0.3) is 0 Å². The van der Waals surface area contributed by atoms with E-state index in [1.807, 2.05) is 24.3 Å². The van der Waals surface area contributed by atoms with Gasteiger partial charge in [-0.05, 0) is 43.5 Å². The molecule has 0 saturated carbocycles. The van der Waals surface area contributed by atoms with Crippen molar-refractivity contribution in [2.75, 3.05) is 25.6 Å². The molecule has 0 aliphatic carbocycles. The smallest absolute Gasteiger partial charge is 0.119 e. The minimum absolute atomic E-state index is 0.514. The van der Waals surface area contributed by atoms with Crippen LogP contribution >= 0.6 is 0 Å². The van der Waals surface area contributed by atoms with Crippen LogP contribution in [0.5, 0.6) is 5.75 Å². The van der Waals surface area contributed by atoms with Crippen molar-refractivity contribution < 1.29 is 9.47 Å². The molecule has 0 unspecified atom stereocenters. The fourth-order valence-electron chi connectivity index (χ4n) is 2.63. The minimum Gasteiger partial charge on any atom is -0.494 e. The van der Waals surface area contributed by atoms with Crippen LogP contribution in [0.3, 0.4) is 0 Å². The topological polar surface area (TPSA) is 44.5 Å². The van der Waals surface area contributed by atoms with Gasteiger partial charge in [-0.25, -0.2) is 0 Å². The normalized spacial score (nSPS) is 16.6. The quantitative estimate of drug-likeness (QED) is 0.547. The molecule has 1 saturated heterocycles. The lowest BCUT2D eigenvalue weighted by atomic mass is 9.78. The number of hydrogen-bond donors (Lipinski definition) is 1. The molecule has 2 N–H and O–H groups in total. The third kappa shape index (κ3) is 4.41. The van der Waals surface area contributed by atoms with Crippen molar-refractivity contribution in [1.82, 2.24) is 0 Å². The molecule has 0 spiro atoms. The van der Waals surface area contributed by atoms with Crippen LogP contribution in [0.2, 0.25) is 0 Å². The van der Waals surface area contributed by atoms with Crippen molar-refractivity contribution in [3.8, 4) is 5.75 Å². The Hall–Kier alpha value is -1.22. The number of nitrogen functional groups attached to an aromatic ring is 1. The van der Waals surface area contributed by atoms with Crippen molar-refractivity contribution in [2.45, 2.75) is 45.4 Å². The van der Waals surface area contributed by atoms with Crippen molar-refractivity contribution in [1.29, 1.82) is 0 Å². The van der Waals surface area contributed by atoms with Crippen LogP contribution in [-0.4, -0.2) is 19.8 Å². The zero-order chi connectivity index (χ0) is 14.3. The zero-order valence-electron chi connectivity index (χ0n) is 12.6. The standard InChI is InChI=1S/C17H27NO2/c1-2-17(13-19-14-17)11-5-3-4-6-12-20-16-9-7-15(18)8-10-16/h7-10H,2-6,11-14,18H2,1H3. The van der Waals surface area contributed by atoms with Gasteiger partial charge in [-0.2, -0.15) is 0 Å². The molecular weight excluding hydrogens is 250 g/mol. The second kappa shape index (κ2) is 7.53. The van der Waals surface area contributed by atoms with Gasteiger partial charge < -0.3 is 15.2 Å². The number of rotatable bonds is 9. The van der Waals surface area contributed by atoms with E-state index in [9.17, 15) is 0 Å². The van der Waals surface area contributed by atoms with Gasteiger partial charge in [0.1, 0.15) is 5.75 Å². The third-order valence-corrected chi connectivity index (χ3v) is 4.32. The Bertz CT molecular complexity index is 379. The first-order valence-electron chi connectivity index (χ1n) is 7.80. The van der Waals surface area contributed by atoms with Gasteiger partial charge >= 0.3 is 0 Å². The van der Waals surface area contributed by atoms with Gasteiger partial charge in [-0.3, -0.25) is 0 Å². The molecule has 112 valence electrons. The number of nitrogens with two attached hydrogens (primary N) is 1. The molecule has 1 aliphatic heterocycles. The van der Waals surface area contributed by atoms with E-state index in [0.717, 1.165) is 37.7 Å². The summed E-state index contributed by atoms with van der Waals surface area (Å²) in [5.41, 5.74) is 6.93. The average Bonchev–Trinajstić information content (AvgIpc) is 2.42. The monoisotopic (exact) mass is 277 g/mol. The largest absolute Gasteiger partial charge is 0.494 e. The summed E-state index contributed by atoms with van der Waals surface area (Å²) in [4.78, 5) is 0. The second-order valence-corrected chi connectivity index (χ2v) is 5.93. The van der Waals surface area contributed by atoms with Crippen LogP contribution in [0.4, 0.5) is 5.69 Å². The molecule has 2 rings (SSSR count). The van der Waals surface area contributed by atoms with Gasteiger partial charge in [0.2, 0.25) is 0 Å². The Morgan fingerprint density at radius 1 is 1.10 bits per heavy atom. The highest BCUT2D eigenvalue weighted by atomic mass is 16.5. The lowest BCUT2D eigenvalue weighted by Crippen LogP contribution is -2.41. The van der Waals surface area contributed by atoms with Crippen LogP contribution in [0.1, 0.15) is 45.4 Å². The first-order chi connectivity index (χ1) is 9.74. The highest BCUT2D eigenvalue weighted by Gasteiger charge is 2.35. The van der Waals surface area contributed by atoms with E-state index < -0.39 is 0 Å². The lowest BCUT2D eigenvalue weighted by molar-refractivity contribution is -0.120. The molecule has 1 heterocycles.